The van der Waals surface area contributed by atoms with Crippen LogP contribution in [0.2, 0.25) is 0 Å². The monoisotopic (exact) mass is 333 g/mol. The summed E-state index contributed by atoms with van der Waals surface area (Å²) in [5.41, 5.74) is 1.10. The molecule has 1 aliphatic rings. The average molecular weight is 333 g/mol. The smallest absolute Gasteiger partial charge is 0.261 e. The number of amides is 1. The molecule has 7 heteroatoms. The third-order valence-corrected chi connectivity index (χ3v) is 4.68. The van der Waals surface area contributed by atoms with E-state index in [1.54, 1.807) is 18.5 Å². The highest BCUT2D eigenvalue weighted by atomic mass is 32.1. The minimum absolute atomic E-state index is 0.135. The molecule has 1 fully saturated rings. The van der Waals surface area contributed by atoms with Crippen LogP contribution >= 0.6 is 11.3 Å². The molecule has 3 atom stereocenters. The van der Waals surface area contributed by atoms with Crippen LogP contribution in [0.1, 0.15) is 15.2 Å². The average Bonchev–Trinajstić information content (AvgIpc) is 3.22. The Bertz CT molecular complexity index is 621. The van der Waals surface area contributed by atoms with Crippen molar-refractivity contribution in [2.45, 2.75) is 24.8 Å². The maximum absolute atomic E-state index is 11.9. The fourth-order valence-corrected chi connectivity index (χ4v) is 3.12. The van der Waals surface area contributed by atoms with Gasteiger partial charge >= 0.3 is 0 Å². The van der Waals surface area contributed by atoms with Crippen molar-refractivity contribution in [3.05, 3.63) is 52.5 Å². The summed E-state index contributed by atoms with van der Waals surface area (Å²) in [5, 5.41) is 18.3. The van der Waals surface area contributed by atoms with Crippen LogP contribution in [0.3, 0.4) is 0 Å². The molecule has 122 valence electrons. The Morgan fingerprint density at radius 1 is 1.39 bits per heavy atom. The lowest BCUT2D eigenvalue weighted by molar-refractivity contribution is 0.0399. The van der Waals surface area contributed by atoms with Gasteiger partial charge in [0, 0.05) is 25.5 Å². The Balaban J connectivity index is 1.45. The van der Waals surface area contributed by atoms with E-state index >= 15 is 0 Å². The molecule has 3 heterocycles. The van der Waals surface area contributed by atoms with E-state index in [0.717, 1.165) is 5.56 Å². The Morgan fingerprint density at radius 2 is 2.22 bits per heavy atom. The Labute approximate surface area is 138 Å². The first-order valence-electron chi connectivity index (χ1n) is 7.47. The summed E-state index contributed by atoms with van der Waals surface area (Å²) in [7, 11) is 0. The van der Waals surface area contributed by atoms with Crippen LogP contribution in [-0.2, 0) is 11.3 Å². The van der Waals surface area contributed by atoms with Crippen molar-refractivity contribution < 1.29 is 14.6 Å². The second kappa shape index (κ2) is 7.65. The van der Waals surface area contributed by atoms with Crippen LogP contribution in [0, 0.1) is 0 Å². The quantitative estimate of drug-likeness (QED) is 0.728. The van der Waals surface area contributed by atoms with Crippen LogP contribution in [0.5, 0.6) is 0 Å². The lowest BCUT2D eigenvalue weighted by Gasteiger charge is -2.18. The van der Waals surface area contributed by atoms with Gasteiger partial charge in [-0.15, -0.1) is 11.3 Å². The lowest BCUT2D eigenvalue weighted by Crippen LogP contribution is -2.44. The van der Waals surface area contributed by atoms with Crippen molar-refractivity contribution in [1.29, 1.82) is 0 Å². The standard InChI is InChI=1S/C16H19N3O3S/c20-15-12(18-8-11-3-5-17-6-4-11)10-22-13(15)9-19-16(21)14-2-1-7-23-14/h1-7,12-13,15,18,20H,8-10H2,(H,19,21)/t12-,13-,15+/m1/s1. The van der Waals surface area contributed by atoms with Gasteiger partial charge in [-0.1, -0.05) is 6.07 Å². The second-order valence-corrected chi connectivity index (χ2v) is 6.34. The summed E-state index contributed by atoms with van der Waals surface area (Å²) < 4.78 is 5.60. The molecular weight excluding hydrogens is 314 g/mol. The van der Waals surface area contributed by atoms with Gasteiger partial charge in [-0.25, -0.2) is 0 Å². The fourth-order valence-electron chi connectivity index (χ4n) is 2.48. The number of carbonyl (C=O) groups is 1. The molecule has 23 heavy (non-hydrogen) atoms. The van der Waals surface area contributed by atoms with Crippen LogP contribution < -0.4 is 10.6 Å². The van der Waals surface area contributed by atoms with E-state index in [9.17, 15) is 9.90 Å². The van der Waals surface area contributed by atoms with E-state index in [1.165, 1.54) is 11.3 Å². The van der Waals surface area contributed by atoms with E-state index < -0.39 is 12.2 Å². The minimum Gasteiger partial charge on any atom is -0.389 e. The fraction of sp³-hybridized carbons (Fsp3) is 0.375. The molecule has 0 bridgehead atoms. The molecular formula is C16H19N3O3S. The van der Waals surface area contributed by atoms with Crippen LogP contribution in [-0.4, -0.2) is 47.4 Å². The molecule has 2 aromatic heterocycles. The number of aromatic nitrogens is 1. The number of carbonyl (C=O) groups excluding carboxylic acids is 1. The molecule has 1 saturated heterocycles. The zero-order valence-corrected chi connectivity index (χ0v) is 13.3. The second-order valence-electron chi connectivity index (χ2n) is 5.39. The van der Waals surface area contributed by atoms with E-state index in [4.69, 9.17) is 4.74 Å². The molecule has 0 spiro atoms. The van der Waals surface area contributed by atoms with Crippen molar-refractivity contribution in [3.63, 3.8) is 0 Å². The largest absolute Gasteiger partial charge is 0.389 e. The molecule has 0 saturated carbocycles. The maximum atomic E-state index is 11.9. The van der Waals surface area contributed by atoms with Gasteiger partial charge in [0.2, 0.25) is 0 Å². The minimum atomic E-state index is -0.652. The molecule has 0 aromatic carbocycles. The van der Waals surface area contributed by atoms with Crippen molar-refractivity contribution in [2.24, 2.45) is 0 Å². The first kappa shape index (κ1) is 16.1. The molecule has 1 amide bonds. The highest BCUT2D eigenvalue weighted by molar-refractivity contribution is 7.12. The molecule has 0 unspecified atom stereocenters. The Morgan fingerprint density at radius 3 is 2.96 bits per heavy atom. The first-order chi connectivity index (χ1) is 11.2. The van der Waals surface area contributed by atoms with Gasteiger partial charge in [0.05, 0.1) is 23.6 Å². The van der Waals surface area contributed by atoms with Gasteiger partial charge in [-0.3, -0.25) is 9.78 Å². The molecule has 3 rings (SSSR count). The van der Waals surface area contributed by atoms with Crippen molar-refractivity contribution in [1.82, 2.24) is 15.6 Å². The number of aliphatic hydroxyl groups is 1. The lowest BCUT2D eigenvalue weighted by atomic mass is 10.1. The predicted octanol–water partition coefficient (Wildman–Crippen LogP) is 0.791. The summed E-state index contributed by atoms with van der Waals surface area (Å²) in [6.07, 6.45) is 2.43. The van der Waals surface area contributed by atoms with E-state index in [1.807, 2.05) is 23.6 Å². The number of hydrogen-bond acceptors (Lipinski definition) is 6. The van der Waals surface area contributed by atoms with Gasteiger partial charge in [-0.05, 0) is 29.1 Å². The number of aliphatic hydroxyl groups excluding tert-OH is 1. The zero-order chi connectivity index (χ0) is 16.1. The van der Waals surface area contributed by atoms with Crippen LogP contribution in [0.4, 0.5) is 0 Å². The summed E-state index contributed by atoms with van der Waals surface area (Å²) >= 11 is 1.39. The Kier molecular flexibility index (Phi) is 5.35. The number of ether oxygens (including phenoxy) is 1. The molecule has 0 radical (unpaired) electrons. The number of thiophene rings is 1. The van der Waals surface area contributed by atoms with Crippen LogP contribution in [0.15, 0.2) is 42.0 Å². The van der Waals surface area contributed by atoms with Gasteiger partial charge in [0.1, 0.15) is 6.10 Å². The summed E-state index contributed by atoms with van der Waals surface area (Å²) in [6, 6.07) is 7.30. The predicted molar refractivity (Wildman–Crippen MR) is 87.3 cm³/mol. The number of rotatable bonds is 6. The topological polar surface area (TPSA) is 83.5 Å². The molecule has 2 aromatic rings. The zero-order valence-electron chi connectivity index (χ0n) is 12.5. The highest BCUT2D eigenvalue weighted by Gasteiger charge is 2.35. The SMILES string of the molecule is O=C(NC[C@H]1OC[C@@H](NCc2ccncc2)[C@@H]1O)c1cccs1. The van der Waals surface area contributed by atoms with E-state index in [0.29, 0.717) is 24.6 Å². The van der Waals surface area contributed by atoms with Gasteiger partial charge in [-0.2, -0.15) is 0 Å². The van der Waals surface area contributed by atoms with E-state index in [-0.39, 0.29) is 11.9 Å². The van der Waals surface area contributed by atoms with Gasteiger partial charge < -0.3 is 20.5 Å². The van der Waals surface area contributed by atoms with Gasteiger partial charge in [0.25, 0.3) is 5.91 Å². The number of nitrogens with zero attached hydrogens (tertiary/aromatic N) is 1. The maximum Gasteiger partial charge on any atom is 0.261 e. The first-order valence-corrected chi connectivity index (χ1v) is 8.35. The summed E-state index contributed by atoms with van der Waals surface area (Å²) in [6.45, 7) is 1.36. The molecule has 6 nitrogen and oxygen atoms in total. The third-order valence-electron chi connectivity index (χ3n) is 3.81. The molecule has 1 aliphatic heterocycles. The molecule has 3 N–H and O–H groups in total. The Hall–Kier alpha value is -1.80. The number of nitrogens with one attached hydrogen (secondary N) is 2. The van der Waals surface area contributed by atoms with Crippen molar-refractivity contribution in [2.75, 3.05) is 13.2 Å². The normalized spacial score (nSPS) is 23.8. The number of pyridine rings is 1. The van der Waals surface area contributed by atoms with Gasteiger partial charge in [0.15, 0.2) is 0 Å². The third kappa shape index (κ3) is 4.14. The number of hydrogen-bond donors (Lipinski definition) is 3. The molecule has 0 aliphatic carbocycles. The van der Waals surface area contributed by atoms with E-state index in [2.05, 4.69) is 15.6 Å². The highest BCUT2D eigenvalue weighted by Crippen LogP contribution is 2.15. The summed E-state index contributed by atoms with van der Waals surface area (Å²) in [5.74, 6) is -0.135. The summed E-state index contributed by atoms with van der Waals surface area (Å²) in [4.78, 5) is 16.5. The van der Waals surface area contributed by atoms with Crippen molar-refractivity contribution in [3.8, 4) is 0 Å². The van der Waals surface area contributed by atoms with Crippen molar-refractivity contribution >= 4 is 17.2 Å². The van der Waals surface area contributed by atoms with Crippen LogP contribution in [0.25, 0.3) is 0 Å².